The molecule has 4 heteroatoms. The topological polar surface area (TPSA) is 29.9 Å². The Balaban J connectivity index is 2.02. The summed E-state index contributed by atoms with van der Waals surface area (Å²) in [6.45, 7) is 6.95. The molecule has 2 aromatic rings. The third-order valence-electron chi connectivity index (χ3n) is 3.95. The van der Waals surface area contributed by atoms with Crippen LogP contribution < -0.4 is 5.32 Å². The van der Waals surface area contributed by atoms with Crippen LogP contribution in [0.5, 0.6) is 0 Å². The number of hydrogen-bond acceptors (Lipinski definition) is 2. The Hall–Kier alpha value is -1.84. The molecule has 3 nitrogen and oxygen atoms in total. The molecule has 106 valence electrons. The minimum Gasteiger partial charge on any atom is -0.370 e. The second-order valence-electron chi connectivity index (χ2n) is 5.79. The second-order valence-corrected chi connectivity index (χ2v) is 5.79. The van der Waals surface area contributed by atoms with E-state index >= 15 is 0 Å². The molecule has 0 saturated heterocycles. The number of halogens is 1. The van der Waals surface area contributed by atoms with E-state index in [4.69, 9.17) is 5.10 Å². The zero-order chi connectivity index (χ0) is 14.3. The van der Waals surface area contributed by atoms with Gasteiger partial charge in [0.05, 0.1) is 11.7 Å². The van der Waals surface area contributed by atoms with Gasteiger partial charge in [-0.3, -0.25) is 0 Å². The number of benzene rings is 1. The maximum absolute atomic E-state index is 13.8. The third kappa shape index (κ3) is 2.19. The summed E-state index contributed by atoms with van der Waals surface area (Å²) >= 11 is 0. The molecule has 0 fully saturated rings. The highest BCUT2D eigenvalue weighted by Gasteiger charge is 2.24. The molecule has 1 aliphatic rings. The fourth-order valence-corrected chi connectivity index (χ4v) is 2.65. The van der Waals surface area contributed by atoms with E-state index in [9.17, 15) is 4.39 Å². The van der Waals surface area contributed by atoms with Crippen LogP contribution >= 0.6 is 0 Å². The van der Waals surface area contributed by atoms with Crippen molar-refractivity contribution >= 4 is 5.82 Å². The molecule has 20 heavy (non-hydrogen) atoms. The first-order chi connectivity index (χ1) is 9.56. The number of hydrogen-bond donors (Lipinski definition) is 1. The second kappa shape index (κ2) is 4.93. The van der Waals surface area contributed by atoms with Crippen molar-refractivity contribution in [2.24, 2.45) is 0 Å². The zero-order valence-corrected chi connectivity index (χ0v) is 12.2. The fourth-order valence-electron chi connectivity index (χ4n) is 2.65. The molecule has 1 aromatic heterocycles. The van der Waals surface area contributed by atoms with Crippen molar-refractivity contribution in [2.45, 2.75) is 39.2 Å². The first-order valence-electron chi connectivity index (χ1n) is 7.15. The third-order valence-corrected chi connectivity index (χ3v) is 3.95. The Morgan fingerprint density at radius 2 is 2.15 bits per heavy atom. The van der Waals surface area contributed by atoms with Crippen molar-refractivity contribution in [3.05, 3.63) is 46.9 Å². The van der Waals surface area contributed by atoms with Crippen LogP contribution in [0.3, 0.4) is 0 Å². The number of rotatable bonds is 2. The zero-order valence-electron chi connectivity index (χ0n) is 12.2. The predicted octanol–water partition coefficient (Wildman–Crippen LogP) is 3.86. The van der Waals surface area contributed by atoms with Gasteiger partial charge in [-0.15, -0.1) is 0 Å². The minimum atomic E-state index is -0.140. The highest BCUT2D eigenvalue weighted by atomic mass is 19.1. The van der Waals surface area contributed by atoms with E-state index in [-0.39, 0.29) is 11.9 Å². The van der Waals surface area contributed by atoms with Crippen LogP contribution in [0.1, 0.15) is 49.0 Å². The SMILES string of the molecule is Cc1ccc(C2CCNc3cc(C(C)C)nn32)cc1F. The largest absolute Gasteiger partial charge is 0.370 e. The van der Waals surface area contributed by atoms with Crippen LogP contribution in [0.2, 0.25) is 0 Å². The molecule has 1 unspecified atom stereocenters. The lowest BCUT2D eigenvalue weighted by molar-refractivity contribution is 0.473. The van der Waals surface area contributed by atoms with Crippen LogP contribution in [-0.4, -0.2) is 16.3 Å². The Kier molecular flexibility index (Phi) is 3.24. The van der Waals surface area contributed by atoms with Crippen molar-refractivity contribution in [1.82, 2.24) is 9.78 Å². The van der Waals surface area contributed by atoms with E-state index in [2.05, 4.69) is 25.2 Å². The molecule has 1 aromatic carbocycles. The van der Waals surface area contributed by atoms with Gasteiger partial charge < -0.3 is 5.32 Å². The van der Waals surface area contributed by atoms with E-state index < -0.39 is 0 Å². The molecule has 0 bridgehead atoms. The molecule has 1 atom stereocenters. The van der Waals surface area contributed by atoms with Gasteiger partial charge in [0.25, 0.3) is 0 Å². The van der Waals surface area contributed by atoms with Gasteiger partial charge in [0.1, 0.15) is 11.6 Å². The van der Waals surface area contributed by atoms with E-state index in [1.165, 1.54) is 0 Å². The first kappa shape index (κ1) is 13.2. The Morgan fingerprint density at radius 3 is 2.85 bits per heavy atom. The summed E-state index contributed by atoms with van der Waals surface area (Å²) in [7, 11) is 0. The lowest BCUT2D eigenvalue weighted by Gasteiger charge is -2.26. The summed E-state index contributed by atoms with van der Waals surface area (Å²) in [4.78, 5) is 0. The molecular weight excluding hydrogens is 253 g/mol. The van der Waals surface area contributed by atoms with Gasteiger partial charge in [0.15, 0.2) is 0 Å². The molecule has 1 N–H and O–H groups in total. The van der Waals surface area contributed by atoms with Gasteiger partial charge in [-0.2, -0.15) is 5.10 Å². The van der Waals surface area contributed by atoms with E-state index in [0.717, 1.165) is 30.0 Å². The lowest BCUT2D eigenvalue weighted by atomic mass is 10.0. The van der Waals surface area contributed by atoms with E-state index in [1.807, 2.05) is 16.8 Å². The standard InChI is InChI=1S/C16H20FN3/c1-10(2)14-9-16-18-7-6-15(20(16)19-14)12-5-4-11(3)13(17)8-12/h4-5,8-10,15,18H,6-7H2,1-3H3. The van der Waals surface area contributed by atoms with E-state index in [0.29, 0.717) is 11.5 Å². The summed E-state index contributed by atoms with van der Waals surface area (Å²) in [5, 5.41) is 8.06. The smallest absolute Gasteiger partial charge is 0.126 e. The number of nitrogens with zero attached hydrogens (tertiary/aromatic N) is 2. The number of nitrogens with one attached hydrogen (secondary N) is 1. The van der Waals surface area contributed by atoms with Crippen molar-refractivity contribution in [3.63, 3.8) is 0 Å². The van der Waals surface area contributed by atoms with Gasteiger partial charge in [0.2, 0.25) is 0 Å². The summed E-state index contributed by atoms with van der Waals surface area (Å²) in [6, 6.07) is 7.72. The highest BCUT2D eigenvalue weighted by Crippen LogP contribution is 2.32. The molecule has 0 spiro atoms. The molecule has 2 heterocycles. The molecule has 0 radical (unpaired) electrons. The van der Waals surface area contributed by atoms with Crippen LogP contribution in [-0.2, 0) is 0 Å². The van der Waals surface area contributed by atoms with Gasteiger partial charge in [-0.05, 0) is 36.5 Å². The number of fused-ring (bicyclic) bond motifs is 1. The van der Waals surface area contributed by atoms with Gasteiger partial charge in [-0.25, -0.2) is 9.07 Å². The Morgan fingerprint density at radius 1 is 1.35 bits per heavy atom. The number of anilines is 1. The molecule has 0 saturated carbocycles. The van der Waals surface area contributed by atoms with E-state index in [1.54, 1.807) is 13.0 Å². The summed E-state index contributed by atoms with van der Waals surface area (Å²) in [5.74, 6) is 1.29. The Bertz CT molecular complexity index is 631. The molecule has 1 aliphatic heterocycles. The quantitative estimate of drug-likeness (QED) is 0.900. The predicted molar refractivity (Wildman–Crippen MR) is 78.7 cm³/mol. The minimum absolute atomic E-state index is 0.119. The average molecular weight is 273 g/mol. The van der Waals surface area contributed by atoms with Gasteiger partial charge in [0, 0.05) is 12.6 Å². The highest BCUT2D eigenvalue weighted by molar-refractivity contribution is 5.42. The van der Waals surface area contributed by atoms with Crippen LogP contribution in [0, 0.1) is 12.7 Å². The summed E-state index contributed by atoms with van der Waals surface area (Å²) in [5.41, 5.74) is 2.76. The number of aromatic nitrogens is 2. The number of aryl methyl sites for hydroxylation is 1. The lowest BCUT2D eigenvalue weighted by Crippen LogP contribution is -2.24. The van der Waals surface area contributed by atoms with Crippen molar-refractivity contribution in [2.75, 3.05) is 11.9 Å². The average Bonchev–Trinajstić information content (AvgIpc) is 2.86. The fraction of sp³-hybridized carbons (Fsp3) is 0.438. The summed E-state index contributed by atoms with van der Waals surface area (Å²) < 4.78 is 15.8. The van der Waals surface area contributed by atoms with Crippen LogP contribution in [0.15, 0.2) is 24.3 Å². The molecule has 0 amide bonds. The summed E-state index contributed by atoms with van der Waals surface area (Å²) in [6.07, 6.45) is 0.925. The molecule has 0 aliphatic carbocycles. The van der Waals surface area contributed by atoms with Crippen molar-refractivity contribution in [3.8, 4) is 0 Å². The Labute approximate surface area is 118 Å². The maximum atomic E-state index is 13.8. The van der Waals surface area contributed by atoms with Crippen LogP contribution in [0.4, 0.5) is 10.2 Å². The maximum Gasteiger partial charge on any atom is 0.126 e. The monoisotopic (exact) mass is 273 g/mol. The van der Waals surface area contributed by atoms with Gasteiger partial charge >= 0.3 is 0 Å². The van der Waals surface area contributed by atoms with Crippen molar-refractivity contribution in [1.29, 1.82) is 0 Å². The molecule has 3 rings (SSSR count). The van der Waals surface area contributed by atoms with Crippen LogP contribution in [0.25, 0.3) is 0 Å². The first-order valence-corrected chi connectivity index (χ1v) is 7.15. The normalized spacial score (nSPS) is 17.9. The van der Waals surface area contributed by atoms with Crippen molar-refractivity contribution < 1.29 is 4.39 Å². The van der Waals surface area contributed by atoms with Gasteiger partial charge in [-0.1, -0.05) is 26.0 Å². The molecular formula is C16H20FN3.